The van der Waals surface area contributed by atoms with Gasteiger partial charge in [-0.2, -0.15) is 5.26 Å². The van der Waals surface area contributed by atoms with E-state index in [1.165, 1.54) is 0 Å². The second-order valence-electron chi connectivity index (χ2n) is 1.58. The highest BCUT2D eigenvalue weighted by Gasteiger charge is 1.74. The molecule has 0 bridgehead atoms. The van der Waals surface area contributed by atoms with Gasteiger partial charge < -0.3 is 0 Å². The van der Waals surface area contributed by atoms with Crippen LogP contribution >= 0.6 is 0 Å². The quantitative estimate of drug-likeness (QED) is 0.404. The van der Waals surface area contributed by atoms with Gasteiger partial charge in [0.2, 0.25) is 0 Å². The van der Waals surface area contributed by atoms with E-state index in [2.05, 4.69) is 6.58 Å². The summed E-state index contributed by atoms with van der Waals surface area (Å²) >= 11 is 0. The maximum Gasteiger partial charge on any atom is 0.0944 e. The van der Waals surface area contributed by atoms with Crippen LogP contribution in [-0.2, 0) is 0 Å². The van der Waals surface area contributed by atoms with Gasteiger partial charge in [0, 0.05) is 5.57 Å². The van der Waals surface area contributed by atoms with Crippen LogP contribution in [0.5, 0.6) is 0 Å². The lowest BCUT2D eigenvalue weighted by atomic mass is 10.3. The zero-order valence-electron chi connectivity index (χ0n) is 5.46. The molecule has 0 amide bonds. The second-order valence-corrected chi connectivity index (χ2v) is 1.58. The highest BCUT2D eigenvalue weighted by Crippen LogP contribution is 1.88. The van der Waals surface area contributed by atoms with Crippen LogP contribution in [0.3, 0.4) is 0 Å². The molecule has 0 aromatic carbocycles. The van der Waals surface area contributed by atoms with Crippen molar-refractivity contribution in [3.63, 3.8) is 0 Å². The normalized spacial score (nSPS) is 11.3. The molecular weight excluding hydrogens is 110 g/mol. The van der Waals surface area contributed by atoms with Gasteiger partial charge in [-0.25, -0.2) is 0 Å². The van der Waals surface area contributed by atoms with Crippen molar-refractivity contribution >= 4 is 0 Å². The lowest BCUT2D eigenvalue weighted by molar-refractivity contribution is 1.44. The second kappa shape index (κ2) is 4.86. The van der Waals surface area contributed by atoms with Gasteiger partial charge in [-0.15, -0.1) is 0 Å². The van der Waals surface area contributed by atoms with E-state index in [1.807, 2.05) is 6.07 Å². The van der Waals surface area contributed by atoms with E-state index in [-0.39, 0.29) is 0 Å². The molecule has 46 valence electrons. The molecule has 0 N–H and O–H groups in total. The fraction of sp³-hybridized carbons (Fsp3) is 0.125. The maximum absolute atomic E-state index is 8.26. The minimum atomic E-state index is 0.702. The van der Waals surface area contributed by atoms with Gasteiger partial charge in [0.15, 0.2) is 0 Å². The van der Waals surface area contributed by atoms with Gasteiger partial charge in [0.1, 0.15) is 0 Å². The van der Waals surface area contributed by atoms with E-state index >= 15 is 0 Å². The SMILES string of the molecule is C=CC=CC=C(C)C#N. The third kappa shape index (κ3) is 4.57. The number of nitriles is 1. The molecule has 0 saturated heterocycles. The molecule has 0 unspecified atom stereocenters. The first-order valence-electron chi connectivity index (χ1n) is 2.67. The summed E-state index contributed by atoms with van der Waals surface area (Å²) < 4.78 is 0. The predicted octanol–water partition coefficient (Wildman–Crippen LogP) is 2.20. The van der Waals surface area contributed by atoms with Crippen LogP contribution in [0.15, 0.2) is 36.5 Å². The molecule has 0 aliphatic heterocycles. The largest absolute Gasteiger partial charge is 0.193 e. The Hall–Kier alpha value is -1.29. The first kappa shape index (κ1) is 7.71. The van der Waals surface area contributed by atoms with Crippen molar-refractivity contribution in [3.8, 4) is 6.07 Å². The molecule has 0 fully saturated rings. The molecule has 0 atom stereocenters. The summed E-state index contributed by atoms with van der Waals surface area (Å²) in [6.07, 6.45) is 6.97. The maximum atomic E-state index is 8.26. The Morgan fingerprint density at radius 1 is 1.56 bits per heavy atom. The van der Waals surface area contributed by atoms with E-state index in [0.717, 1.165) is 0 Å². The summed E-state index contributed by atoms with van der Waals surface area (Å²) in [4.78, 5) is 0. The van der Waals surface area contributed by atoms with Crippen molar-refractivity contribution in [1.82, 2.24) is 0 Å². The third-order valence-electron chi connectivity index (χ3n) is 0.770. The first-order valence-corrected chi connectivity index (χ1v) is 2.67. The third-order valence-corrected chi connectivity index (χ3v) is 0.770. The Kier molecular flexibility index (Phi) is 4.16. The van der Waals surface area contributed by atoms with E-state index in [4.69, 9.17) is 5.26 Å². The molecule has 0 rings (SSSR count). The van der Waals surface area contributed by atoms with Crippen LogP contribution in [-0.4, -0.2) is 0 Å². The highest BCUT2D eigenvalue weighted by atomic mass is 14.2. The van der Waals surface area contributed by atoms with Crippen LogP contribution in [0, 0.1) is 11.3 Å². The van der Waals surface area contributed by atoms with Crippen LogP contribution in [0.25, 0.3) is 0 Å². The molecule has 0 aliphatic carbocycles. The average Bonchev–Trinajstić information content (AvgIpc) is 1.89. The van der Waals surface area contributed by atoms with Crippen LogP contribution in [0.1, 0.15) is 6.92 Å². The smallest absolute Gasteiger partial charge is 0.0944 e. The molecule has 0 heterocycles. The molecule has 0 spiro atoms. The minimum Gasteiger partial charge on any atom is -0.193 e. The molecule has 1 nitrogen and oxygen atoms in total. The van der Waals surface area contributed by atoms with Gasteiger partial charge in [-0.3, -0.25) is 0 Å². The summed E-state index contributed by atoms with van der Waals surface area (Å²) in [6, 6.07) is 2.00. The molecule has 0 saturated carbocycles. The van der Waals surface area contributed by atoms with E-state index < -0.39 is 0 Å². The Labute approximate surface area is 55.6 Å². The lowest BCUT2D eigenvalue weighted by Gasteiger charge is -1.75. The Morgan fingerprint density at radius 3 is 2.67 bits per heavy atom. The number of rotatable bonds is 2. The van der Waals surface area contributed by atoms with Gasteiger partial charge >= 0.3 is 0 Å². The average molecular weight is 119 g/mol. The van der Waals surface area contributed by atoms with Crippen molar-refractivity contribution in [2.75, 3.05) is 0 Å². The van der Waals surface area contributed by atoms with Gasteiger partial charge in [-0.05, 0) is 13.0 Å². The summed E-state index contributed by atoms with van der Waals surface area (Å²) in [7, 11) is 0. The van der Waals surface area contributed by atoms with E-state index in [9.17, 15) is 0 Å². The summed E-state index contributed by atoms with van der Waals surface area (Å²) in [5.74, 6) is 0. The summed E-state index contributed by atoms with van der Waals surface area (Å²) in [5, 5.41) is 8.26. The Bertz CT molecular complexity index is 179. The van der Waals surface area contributed by atoms with Gasteiger partial charge in [0.25, 0.3) is 0 Å². The fourth-order valence-corrected chi connectivity index (χ4v) is 0.316. The number of hydrogen-bond acceptors (Lipinski definition) is 1. The van der Waals surface area contributed by atoms with Crippen molar-refractivity contribution < 1.29 is 0 Å². The minimum absolute atomic E-state index is 0.702. The van der Waals surface area contributed by atoms with Crippen molar-refractivity contribution in [3.05, 3.63) is 36.5 Å². The predicted molar refractivity (Wildman–Crippen MR) is 38.7 cm³/mol. The molecule has 9 heavy (non-hydrogen) atoms. The lowest BCUT2D eigenvalue weighted by Crippen LogP contribution is -1.61. The van der Waals surface area contributed by atoms with Crippen molar-refractivity contribution in [2.24, 2.45) is 0 Å². The number of hydrogen-bond donors (Lipinski definition) is 0. The molecule has 0 radical (unpaired) electrons. The molecule has 0 aromatic heterocycles. The first-order chi connectivity index (χ1) is 4.31. The molecular formula is C8H9N. The Balaban J connectivity index is 3.86. The monoisotopic (exact) mass is 119 g/mol. The Morgan fingerprint density at radius 2 is 2.22 bits per heavy atom. The molecule has 0 aromatic rings. The fourth-order valence-electron chi connectivity index (χ4n) is 0.316. The van der Waals surface area contributed by atoms with Crippen molar-refractivity contribution in [2.45, 2.75) is 6.92 Å². The van der Waals surface area contributed by atoms with Crippen LogP contribution in [0.4, 0.5) is 0 Å². The summed E-state index contributed by atoms with van der Waals surface area (Å²) in [5.41, 5.74) is 0.702. The number of nitrogens with zero attached hydrogens (tertiary/aromatic N) is 1. The van der Waals surface area contributed by atoms with Crippen molar-refractivity contribution in [1.29, 1.82) is 5.26 Å². The van der Waals surface area contributed by atoms with Gasteiger partial charge in [0.05, 0.1) is 6.07 Å². The zero-order chi connectivity index (χ0) is 7.11. The van der Waals surface area contributed by atoms with Gasteiger partial charge in [-0.1, -0.05) is 24.8 Å². The summed E-state index contributed by atoms with van der Waals surface area (Å²) in [6.45, 7) is 5.24. The standard InChI is InChI=1S/C8H9N/c1-3-4-5-6-8(2)7-9/h3-6H,1H2,2H3. The van der Waals surface area contributed by atoms with E-state index in [1.54, 1.807) is 31.2 Å². The highest BCUT2D eigenvalue weighted by molar-refractivity contribution is 5.24. The van der Waals surface area contributed by atoms with E-state index in [0.29, 0.717) is 5.57 Å². The topological polar surface area (TPSA) is 23.8 Å². The molecule has 0 aliphatic rings. The zero-order valence-corrected chi connectivity index (χ0v) is 5.46. The molecule has 1 heteroatoms. The number of allylic oxidation sites excluding steroid dienone is 5. The van der Waals surface area contributed by atoms with Crippen LogP contribution in [0.2, 0.25) is 0 Å². The van der Waals surface area contributed by atoms with Crippen LogP contribution < -0.4 is 0 Å².